The largest absolute Gasteiger partial charge is 0.389 e. The summed E-state index contributed by atoms with van der Waals surface area (Å²) < 4.78 is 10.7. The molecule has 1 aliphatic rings. The van der Waals surface area contributed by atoms with Crippen molar-refractivity contribution in [1.29, 1.82) is 0 Å². The zero-order valence-electron chi connectivity index (χ0n) is 12.9. The van der Waals surface area contributed by atoms with Crippen molar-refractivity contribution in [3.63, 3.8) is 0 Å². The molecule has 0 amide bonds. The number of hydrogen-bond donors (Lipinski definition) is 3. The quantitative estimate of drug-likeness (QED) is 0.558. The maximum Gasteiger partial charge on any atom is 0.0897 e. The molecule has 0 bridgehead atoms. The van der Waals surface area contributed by atoms with Gasteiger partial charge in [0.15, 0.2) is 0 Å². The van der Waals surface area contributed by atoms with E-state index < -0.39 is 12.2 Å². The summed E-state index contributed by atoms with van der Waals surface area (Å²) in [6, 6.07) is 0. The highest BCUT2D eigenvalue weighted by Gasteiger charge is 2.24. The molecular weight excluding hydrogens is 258 g/mol. The number of nitrogens with one attached hydrogen (secondary N) is 1. The van der Waals surface area contributed by atoms with Crippen LogP contribution in [-0.2, 0) is 9.47 Å². The molecule has 120 valence electrons. The van der Waals surface area contributed by atoms with Crippen molar-refractivity contribution in [2.75, 3.05) is 33.4 Å². The van der Waals surface area contributed by atoms with E-state index in [2.05, 4.69) is 12.2 Å². The average Bonchev–Trinajstić information content (AvgIpc) is 2.45. The Hall–Kier alpha value is -0.200. The van der Waals surface area contributed by atoms with E-state index in [0.29, 0.717) is 38.3 Å². The zero-order chi connectivity index (χ0) is 14.8. The van der Waals surface area contributed by atoms with Gasteiger partial charge >= 0.3 is 0 Å². The van der Waals surface area contributed by atoms with Gasteiger partial charge in [-0.15, -0.1) is 0 Å². The number of ether oxygens (including phenoxy) is 2. The van der Waals surface area contributed by atoms with Crippen LogP contribution in [0.2, 0.25) is 0 Å². The van der Waals surface area contributed by atoms with Crippen LogP contribution in [0.1, 0.15) is 39.0 Å². The summed E-state index contributed by atoms with van der Waals surface area (Å²) in [4.78, 5) is 0. The highest BCUT2D eigenvalue weighted by atomic mass is 16.5. The lowest BCUT2D eigenvalue weighted by Gasteiger charge is -2.31. The second-order valence-corrected chi connectivity index (χ2v) is 5.75. The van der Waals surface area contributed by atoms with E-state index in [4.69, 9.17) is 9.47 Å². The van der Waals surface area contributed by atoms with Crippen LogP contribution >= 0.6 is 0 Å². The summed E-state index contributed by atoms with van der Waals surface area (Å²) in [5, 5.41) is 22.4. The van der Waals surface area contributed by atoms with Crippen molar-refractivity contribution in [3.8, 4) is 0 Å². The second-order valence-electron chi connectivity index (χ2n) is 5.75. The van der Waals surface area contributed by atoms with Gasteiger partial charge in [-0.25, -0.2) is 0 Å². The van der Waals surface area contributed by atoms with E-state index in [-0.39, 0.29) is 0 Å². The van der Waals surface area contributed by atoms with Gasteiger partial charge in [-0.1, -0.05) is 26.2 Å². The first kappa shape index (κ1) is 17.9. The lowest BCUT2D eigenvalue weighted by Crippen LogP contribution is -2.38. The fourth-order valence-corrected chi connectivity index (χ4v) is 2.82. The normalized spacial score (nSPS) is 26.4. The van der Waals surface area contributed by atoms with E-state index >= 15 is 0 Å². The number of rotatable bonds is 10. The highest BCUT2D eigenvalue weighted by molar-refractivity contribution is 4.75. The first-order valence-electron chi connectivity index (χ1n) is 7.84. The Labute approximate surface area is 122 Å². The molecule has 0 aromatic heterocycles. The minimum atomic E-state index is -0.532. The maximum absolute atomic E-state index is 9.88. The van der Waals surface area contributed by atoms with Gasteiger partial charge < -0.3 is 25.0 Å². The van der Waals surface area contributed by atoms with Gasteiger partial charge in [0, 0.05) is 20.2 Å². The van der Waals surface area contributed by atoms with Crippen LogP contribution in [-0.4, -0.2) is 61.9 Å². The van der Waals surface area contributed by atoms with Crippen molar-refractivity contribution < 1.29 is 19.7 Å². The molecule has 0 aromatic rings. The molecule has 1 aliphatic carbocycles. The molecule has 0 aromatic carbocycles. The van der Waals surface area contributed by atoms with Crippen molar-refractivity contribution >= 4 is 0 Å². The van der Waals surface area contributed by atoms with Gasteiger partial charge in [0.25, 0.3) is 0 Å². The number of methoxy groups -OCH3 is 1. The minimum absolute atomic E-state index is 0.305. The fraction of sp³-hybridized carbons (Fsp3) is 1.00. The number of hydrogen-bond acceptors (Lipinski definition) is 5. The molecule has 0 saturated heterocycles. The lowest BCUT2D eigenvalue weighted by atomic mass is 9.85. The van der Waals surface area contributed by atoms with Crippen molar-refractivity contribution in [2.24, 2.45) is 5.92 Å². The van der Waals surface area contributed by atoms with Gasteiger partial charge in [0.2, 0.25) is 0 Å². The van der Waals surface area contributed by atoms with Crippen LogP contribution in [0.25, 0.3) is 0 Å². The summed E-state index contributed by atoms with van der Waals surface area (Å²) in [6.45, 7) is 3.74. The molecule has 3 N–H and O–H groups in total. The Bertz CT molecular complexity index is 240. The molecule has 5 nitrogen and oxygen atoms in total. The lowest BCUT2D eigenvalue weighted by molar-refractivity contribution is -0.0504. The Morgan fingerprint density at radius 3 is 2.40 bits per heavy atom. The van der Waals surface area contributed by atoms with Crippen molar-refractivity contribution in [1.82, 2.24) is 5.32 Å². The third-order valence-corrected chi connectivity index (χ3v) is 3.99. The summed E-state index contributed by atoms with van der Waals surface area (Å²) in [5.41, 5.74) is 0. The molecular formula is C15H31NO4. The molecule has 1 fully saturated rings. The molecule has 4 atom stereocenters. The van der Waals surface area contributed by atoms with E-state index in [1.165, 1.54) is 19.3 Å². The van der Waals surface area contributed by atoms with Crippen LogP contribution in [0, 0.1) is 5.92 Å². The van der Waals surface area contributed by atoms with Crippen LogP contribution in [0.4, 0.5) is 0 Å². The molecule has 0 spiro atoms. The monoisotopic (exact) mass is 289 g/mol. The first-order chi connectivity index (χ1) is 9.67. The first-order valence-corrected chi connectivity index (χ1v) is 7.84. The molecule has 4 unspecified atom stereocenters. The van der Waals surface area contributed by atoms with Crippen LogP contribution in [0.3, 0.4) is 0 Å². The van der Waals surface area contributed by atoms with E-state index in [1.54, 1.807) is 7.11 Å². The van der Waals surface area contributed by atoms with E-state index in [1.807, 2.05) is 0 Å². The SMILES string of the molecule is CCC1CCCCC1OCC(O)CNCC(O)COC. The van der Waals surface area contributed by atoms with Crippen molar-refractivity contribution in [3.05, 3.63) is 0 Å². The summed E-state index contributed by atoms with van der Waals surface area (Å²) in [6.07, 6.45) is 5.31. The van der Waals surface area contributed by atoms with Gasteiger partial charge in [0.1, 0.15) is 0 Å². The third-order valence-electron chi connectivity index (χ3n) is 3.99. The Kier molecular flexibility index (Phi) is 9.39. The van der Waals surface area contributed by atoms with E-state index in [0.717, 1.165) is 12.8 Å². The van der Waals surface area contributed by atoms with Gasteiger partial charge in [-0.2, -0.15) is 0 Å². The molecule has 1 rings (SSSR count). The van der Waals surface area contributed by atoms with Crippen molar-refractivity contribution in [2.45, 2.75) is 57.3 Å². The molecule has 5 heteroatoms. The standard InChI is InChI=1S/C15H31NO4/c1-3-12-6-4-5-7-15(12)20-11-14(18)9-16-8-13(17)10-19-2/h12-18H,3-11H2,1-2H3. The molecule has 0 aliphatic heterocycles. The number of aliphatic hydroxyl groups is 2. The van der Waals surface area contributed by atoms with Crippen LogP contribution in [0.5, 0.6) is 0 Å². The Balaban J connectivity index is 2.11. The molecule has 0 radical (unpaired) electrons. The molecule has 0 heterocycles. The average molecular weight is 289 g/mol. The number of aliphatic hydroxyl groups excluding tert-OH is 2. The van der Waals surface area contributed by atoms with Gasteiger partial charge in [-0.3, -0.25) is 0 Å². The van der Waals surface area contributed by atoms with Crippen LogP contribution in [0.15, 0.2) is 0 Å². The maximum atomic E-state index is 9.88. The van der Waals surface area contributed by atoms with Crippen LogP contribution < -0.4 is 5.32 Å². The van der Waals surface area contributed by atoms with Gasteiger partial charge in [0.05, 0.1) is 31.5 Å². The highest BCUT2D eigenvalue weighted by Crippen LogP contribution is 2.29. The Morgan fingerprint density at radius 2 is 1.75 bits per heavy atom. The fourth-order valence-electron chi connectivity index (χ4n) is 2.82. The van der Waals surface area contributed by atoms with E-state index in [9.17, 15) is 10.2 Å². The summed E-state index contributed by atoms with van der Waals surface area (Å²) >= 11 is 0. The summed E-state index contributed by atoms with van der Waals surface area (Å²) in [5.74, 6) is 0.646. The predicted molar refractivity (Wildman–Crippen MR) is 78.7 cm³/mol. The molecule has 20 heavy (non-hydrogen) atoms. The smallest absolute Gasteiger partial charge is 0.0897 e. The topological polar surface area (TPSA) is 71.0 Å². The summed E-state index contributed by atoms with van der Waals surface area (Å²) in [7, 11) is 1.56. The zero-order valence-corrected chi connectivity index (χ0v) is 12.9. The second kappa shape index (κ2) is 10.5. The third kappa shape index (κ3) is 6.99. The van der Waals surface area contributed by atoms with Gasteiger partial charge in [-0.05, 0) is 18.8 Å². The molecule has 1 saturated carbocycles. The Morgan fingerprint density at radius 1 is 1.10 bits per heavy atom. The predicted octanol–water partition coefficient (Wildman–Crippen LogP) is 0.930. The minimum Gasteiger partial charge on any atom is -0.389 e.